The topological polar surface area (TPSA) is 191 Å². The summed E-state index contributed by atoms with van der Waals surface area (Å²) in [6, 6.07) is 1.16. The highest BCUT2D eigenvalue weighted by Gasteiger charge is 2.63. The van der Waals surface area contributed by atoms with Gasteiger partial charge in [0.2, 0.25) is 0 Å². The van der Waals surface area contributed by atoms with Crippen molar-refractivity contribution in [2.75, 3.05) is 21.3 Å². The number of phosphoric ester groups is 2. The predicted molar refractivity (Wildman–Crippen MR) is 96.4 cm³/mol. The number of nitrogens with one attached hydrogen (secondary N) is 1. The molecule has 0 amide bonds. The van der Waals surface area contributed by atoms with Crippen molar-refractivity contribution in [3.63, 3.8) is 0 Å². The zero-order valence-electron chi connectivity index (χ0n) is 15.8. The van der Waals surface area contributed by atoms with Gasteiger partial charge in [-0.3, -0.25) is 32.4 Å². The quantitative estimate of drug-likeness (QED) is 0.442. The summed E-state index contributed by atoms with van der Waals surface area (Å²) in [7, 11) is -11.7. The highest BCUT2D eigenvalue weighted by molar-refractivity contribution is 7.67. The van der Waals surface area contributed by atoms with E-state index >= 15 is 0 Å². The number of H-pyrrole nitrogens is 1. The Bertz CT molecular complexity index is 1040. The first-order valence-electron chi connectivity index (χ1n) is 8.23. The molecule has 1 aliphatic heterocycles. The first-order valence-corrected chi connectivity index (χ1v) is 12.6. The number of aromatic nitrogens is 2. The molecule has 2 aliphatic rings. The van der Waals surface area contributed by atoms with E-state index < -0.39 is 53.2 Å². The van der Waals surface area contributed by atoms with Crippen molar-refractivity contribution >= 4 is 23.5 Å². The Hall–Kier alpha value is -0.950. The molecule has 18 heteroatoms. The van der Waals surface area contributed by atoms with Crippen LogP contribution in [0.3, 0.4) is 0 Å². The number of fused-ring (bicyclic) bond motifs is 1. The Labute approximate surface area is 169 Å². The summed E-state index contributed by atoms with van der Waals surface area (Å²) in [5.74, 6) is -0.313. The van der Waals surface area contributed by atoms with Gasteiger partial charge in [-0.05, 0) is 0 Å². The van der Waals surface area contributed by atoms with Gasteiger partial charge in [-0.15, -0.1) is 0 Å². The first kappa shape index (κ1) is 23.7. The fraction of sp³-hybridized carbons (Fsp3) is 0.667. The fourth-order valence-electron chi connectivity index (χ4n) is 2.81. The smallest absolute Gasteiger partial charge is 0.351 e. The third kappa shape index (κ3) is 5.09. The average molecular weight is 492 g/mol. The van der Waals surface area contributed by atoms with Crippen molar-refractivity contribution in [1.82, 2.24) is 9.55 Å². The summed E-state index contributed by atoms with van der Waals surface area (Å²) in [5, 5.41) is 0. The molecular weight excluding hydrogens is 473 g/mol. The zero-order valence-corrected chi connectivity index (χ0v) is 18.5. The average Bonchev–Trinajstić information content (AvgIpc) is 3.10. The number of hydrogen-bond donors (Lipinski definition) is 2. The zero-order chi connectivity index (χ0) is 22.3. The lowest BCUT2D eigenvalue weighted by molar-refractivity contribution is -0.0124. The lowest BCUT2D eigenvalue weighted by Gasteiger charge is -2.23. The molecule has 30 heavy (non-hydrogen) atoms. The molecule has 0 radical (unpaired) electrons. The van der Waals surface area contributed by atoms with Gasteiger partial charge in [0.05, 0.1) is 6.10 Å². The molecule has 3 rings (SSSR count). The molecule has 1 saturated carbocycles. The Morgan fingerprint density at radius 1 is 1.10 bits per heavy atom. The van der Waals surface area contributed by atoms with E-state index in [0.29, 0.717) is 0 Å². The number of ether oxygens (including phenoxy) is 1. The van der Waals surface area contributed by atoms with Crippen LogP contribution >= 0.6 is 23.5 Å². The molecule has 2 fully saturated rings. The summed E-state index contributed by atoms with van der Waals surface area (Å²) < 4.78 is 70.8. The molecule has 1 aromatic heterocycles. The van der Waals surface area contributed by atoms with Gasteiger partial charge in [0.25, 0.3) is 5.56 Å². The van der Waals surface area contributed by atoms with Crippen molar-refractivity contribution in [2.24, 2.45) is 5.92 Å². The molecule has 0 spiro atoms. The van der Waals surface area contributed by atoms with Gasteiger partial charge in [-0.2, -0.15) is 8.62 Å². The molecule has 170 valence electrons. The van der Waals surface area contributed by atoms with Crippen LogP contribution in [0.1, 0.15) is 12.6 Å². The molecule has 7 unspecified atom stereocenters. The molecule has 0 bridgehead atoms. The van der Waals surface area contributed by atoms with Crippen molar-refractivity contribution < 1.29 is 50.0 Å². The molecule has 1 saturated heterocycles. The standard InChI is InChI=1S/C12H19N2O13P3/c1-21-28(17,18)26-30(20,23-3)27-29(19,22-2)25-11-7-6-9(24-10(7)11)14-5-4-8(15)13-12(14)16/h4-5,7,9-11H,6H2,1-3H3,(H,17,18)(H,13,15,16). The lowest BCUT2D eigenvalue weighted by atomic mass is 10.3. The minimum absolute atomic E-state index is 0.277. The van der Waals surface area contributed by atoms with Crippen molar-refractivity contribution in [3.05, 3.63) is 33.1 Å². The van der Waals surface area contributed by atoms with E-state index in [1.165, 1.54) is 10.8 Å². The largest absolute Gasteiger partial charge is 0.492 e. The molecule has 0 aromatic carbocycles. The molecule has 2 N–H and O–H groups in total. The van der Waals surface area contributed by atoms with Gasteiger partial charge in [-0.1, -0.05) is 0 Å². The number of phosphoric acid groups is 3. The highest BCUT2D eigenvalue weighted by Crippen LogP contribution is 2.72. The van der Waals surface area contributed by atoms with E-state index in [1.54, 1.807) is 0 Å². The Kier molecular flexibility index (Phi) is 6.74. The second-order valence-corrected chi connectivity index (χ2v) is 11.5. The van der Waals surface area contributed by atoms with Crippen LogP contribution in [-0.4, -0.2) is 48.0 Å². The van der Waals surface area contributed by atoms with Crippen LogP contribution in [0.2, 0.25) is 0 Å². The summed E-state index contributed by atoms with van der Waals surface area (Å²) >= 11 is 0. The highest BCUT2D eigenvalue weighted by atomic mass is 31.3. The van der Waals surface area contributed by atoms with E-state index in [2.05, 4.69) is 27.2 Å². The second-order valence-electron chi connectivity index (χ2n) is 6.12. The van der Waals surface area contributed by atoms with Crippen LogP contribution in [0.5, 0.6) is 0 Å². The maximum absolute atomic E-state index is 12.7. The number of hydrogen-bond acceptors (Lipinski definition) is 12. The maximum atomic E-state index is 12.7. The summed E-state index contributed by atoms with van der Waals surface area (Å²) in [6.07, 6.45) is -0.516. The molecule has 15 nitrogen and oxygen atoms in total. The van der Waals surface area contributed by atoms with E-state index in [1.807, 2.05) is 0 Å². The first-order chi connectivity index (χ1) is 13.9. The number of nitrogens with zero attached hydrogens (tertiary/aromatic N) is 1. The van der Waals surface area contributed by atoms with Crippen LogP contribution < -0.4 is 11.2 Å². The number of rotatable bonds is 10. The maximum Gasteiger partial charge on any atom is 0.492 e. The van der Waals surface area contributed by atoms with Gasteiger partial charge in [-0.25, -0.2) is 18.5 Å². The molecule has 1 aliphatic carbocycles. The van der Waals surface area contributed by atoms with Crippen molar-refractivity contribution in [3.8, 4) is 0 Å². The number of aromatic amines is 1. The SMILES string of the molecule is COP(=O)(O)OP(=O)(OC)OP(=O)(OC)OC1C2CC(n3ccc(=O)[nH]c3=O)OC21. The third-order valence-electron chi connectivity index (χ3n) is 4.31. The van der Waals surface area contributed by atoms with Gasteiger partial charge < -0.3 is 9.63 Å². The molecular formula is C12H19N2O13P3. The Balaban J connectivity index is 1.64. The lowest BCUT2D eigenvalue weighted by Crippen LogP contribution is -2.32. The van der Waals surface area contributed by atoms with Crippen LogP contribution in [0.25, 0.3) is 0 Å². The second kappa shape index (κ2) is 8.53. The van der Waals surface area contributed by atoms with Gasteiger partial charge in [0.1, 0.15) is 12.3 Å². The molecule has 2 heterocycles. The monoisotopic (exact) mass is 492 g/mol. The fourth-order valence-corrected chi connectivity index (χ4v) is 7.07. The summed E-state index contributed by atoms with van der Waals surface area (Å²) in [4.78, 5) is 34.4. The van der Waals surface area contributed by atoms with Crippen molar-refractivity contribution in [1.29, 1.82) is 0 Å². The van der Waals surface area contributed by atoms with E-state index in [0.717, 1.165) is 27.4 Å². The molecule has 1 aromatic rings. The minimum atomic E-state index is -4.88. The van der Waals surface area contributed by atoms with Crippen LogP contribution in [0, 0.1) is 5.92 Å². The summed E-state index contributed by atoms with van der Waals surface area (Å²) in [6.45, 7) is 0. The van der Waals surface area contributed by atoms with Crippen molar-refractivity contribution in [2.45, 2.75) is 24.9 Å². The minimum Gasteiger partial charge on any atom is -0.351 e. The Morgan fingerprint density at radius 2 is 1.77 bits per heavy atom. The van der Waals surface area contributed by atoms with Crippen LogP contribution in [0.4, 0.5) is 0 Å². The molecule has 7 atom stereocenters. The van der Waals surface area contributed by atoms with E-state index in [-0.39, 0.29) is 12.3 Å². The van der Waals surface area contributed by atoms with Gasteiger partial charge in [0.15, 0.2) is 0 Å². The predicted octanol–water partition coefficient (Wildman–Crippen LogP) is 1.13. The van der Waals surface area contributed by atoms with E-state index in [9.17, 15) is 28.2 Å². The van der Waals surface area contributed by atoms with Crippen LogP contribution in [-0.2, 0) is 45.1 Å². The normalized spacial score (nSPS) is 31.3. The van der Waals surface area contributed by atoms with Gasteiger partial charge in [0, 0.05) is 45.9 Å². The Morgan fingerprint density at radius 3 is 2.27 bits per heavy atom. The summed E-state index contributed by atoms with van der Waals surface area (Å²) in [5.41, 5.74) is -1.20. The van der Waals surface area contributed by atoms with Gasteiger partial charge >= 0.3 is 29.2 Å². The third-order valence-corrected chi connectivity index (χ3v) is 9.39. The van der Waals surface area contributed by atoms with E-state index in [4.69, 9.17) is 9.26 Å². The van der Waals surface area contributed by atoms with Crippen LogP contribution in [0.15, 0.2) is 21.9 Å².